The Bertz CT molecular complexity index is 756. The Kier molecular flexibility index (Phi) is 2.53. The van der Waals surface area contributed by atoms with Crippen molar-refractivity contribution in [3.63, 3.8) is 0 Å². The molecule has 0 bridgehead atoms. The van der Waals surface area contributed by atoms with Crippen molar-refractivity contribution in [3.8, 4) is 16.9 Å². The average molecular weight is 278 g/mol. The van der Waals surface area contributed by atoms with Gasteiger partial charge < -0.3 is 4.74 Å². The van der Waals surface area contributed by atoms with Gasteiger partial charge in [0.1, 0.15) is 5.75 Å². The Morgan fingerprint density at radius 2 is 1.76 bits per heavy atom. The molecule has 0 spiro atoms. The Hall–Kier alpha value is -2.09. The maximum absolute atomic E-state index is 11.7. The summed E-state index contributed by atoms with van der Waals surface area (Å²) in [6.45, 7) is 5.17. The van der Waals surface area contributed by atoms with Gasteiger partial charge in [-0.15, -0.1) is 0 Å². The number of ketones is 1. The highest BCUT2D eigenvalue weighted by Crippen LogP contribution is 2.40. The molecule has 2 nitrogen and oxygen atoms in total. The van der Waals surface area contributed by atoms with Gasteiger partial charge in [-0.25, -0.2) is 0 Å². The largest absolute Gasteiger partial charge is 0.492 e. The lowest BCUT2D eigenvalue weighted by Crippen LogP contribution is -2.18. The maximum atomic E-state index is 11.7. The number of rotatable bonds is 1. The van der Waals surface area contributed by atoms with Crippen molar-refractivity contribution in [1.82, 2.24) is 0 Å². The molecule has 0 fully saturated rings. The molecular formula is C19H18O2. The molecule has 2 aromatic rings. The average Bonchev–Trinajstić information content (AvgIpc) is 3.00. The Balaban J connectivity index is 1.80. The first kappa shape index (κ1) is 12.6. The molecule has 2 aromatic carbocycles. The van der Waals surface area contributed by atoms with E-state index in [0.717, 1.165) is 24.3 Å². The fourth-order valence-electron chi connectivity index (χ4n) is 3.34. The van der Waals surface area contributed by atoms with Gasteiger partial charge in [-0.1, -0.05) is 38.1 Å². The first-order chi connectivity index (χ1) is 10.0. The summed E-state index contributed by atoms with van der Waals surface area (Å²) < 4.78 is 5.75. The van der Waals surface area contributed by atoms with E-state index in [2.05, 4.69) is 44.2 Å². The highest BCUT2D eigenvalue weighted by molar-refractivity contribution is 6.01. The molecule has 1 aliphatic heterocycles. The van der Waals surface area contributed by atoms with Crippen molar-refractivity contribution in [1.29, 1.82) is 0 Å². The van der Waals surface area contributed by atoms with Gasteiger partial charge in [-0.3, -0.25) is 4.79 Å². The molecule has 2 aliphatic rings. The second-order valence-electron chi connectivity index (χ2n) is 6.68. The lowest BCUT2D eigenvalue weighted by Gasteiger charge is -2.16. The summed E-state index contributed by atoms with van der Waals surface area (Å²) in [6, 6.07) is 12.6. The molecule has 21 heavy (non-hydrogen) atoms. The van der Waals surface area contributed by atoms with E-state index in [9.17, 15) is 4.79 Å². The fraction of sp³-hybridized carbons (Fsp3) is 0.316. The lowest BCUT2D eigenvalue weighted by molar-refractivity contribution is 0.0994. The third-order valence-corrected chi connectivity index (χ3v) is 4.66. The summed E-state index contributed by atoms with van der Waals surface area (Å²) in [5, 5.41) is 0. The second-order valence-corrected chi connectivity index (χ2v) is 6.68. The summed E-state index contributed by atoms with van der Waals surface area (Å²) in [6.07, 6.45) is 1.53. The molecule has 0 N–H and O–H groups in total. The zero-order valence-corrected chi connectivity index (χ0v) is 12.4. The van der Waals surface area contributed by atoms with Crippen LogP contribution >= 0.6 is 0 Å². The van der Waals surface area contributed by atoms with Crippen LogP contribution in [0.15, 0.2) is 36.4 Å². The molecule has 0 amide bonds. The van der Waals surface area contributed by atoms with Crippen molar-refractivity contribution in [3.05, 3.63) is 53.1 Å². The molecule has 0 unspecified atom stereocenters. The summed E-state index contributed by atoms with van der Waals surface area (Å²) in [5.74, 6) is 1.28. The molecular weight excluding hydrogens is 260 g/mol. The van der Waals surface area contributed by atoms with Crippen LogP contribution in [0.4, 0.5) is 0 Å². The monoisotopic (exact) mass is 278 g/mol. The lowest BCUT2D eigenvalue weighted by atomic mass is 9.85. The van der Waals surface area contributed by atoms with Crippen LogP contribution in [0.25, 0.3) is 11.1 Å². The van der Waals surface area contributed by atoms with Gasteiger partial charge in [-0.2, -0.15) is 0 Å². The Labute approximate surface area is 124 Å². The molecule has 1 heterocycles. The molecule has 0 radical (unpaired) electrons. The number of hydrogen-bond acceptors (Lipinski definition) is 2. The molecule has 0 saturated heterocycles. The number of aryl methyl sites for hydroxylation is 1. The van der Waals surface area contributed by atoms with Gasteiger partial charge in [0, 0.05) is 23.0 Å². The number of carbonyl (C=O) groups excluding carboxylic acids is 1. The molecule has 2 heteroatoms. The molecule has 1 aliphatic carbocycles. The molecule has 106 valence electrons. The SMILES string of the molecule is CC1(C)COc2ccc(-c3ccc4c(c3)CCC4=O)cc21. The normalized spacial score (nSPS) is 18.3. The van der Waals surface area contributed by atoms with Crippen molar-refractivity contribution in [2.75, 3.05) is 6.61 Å². The van der Waals surface area contributed by atoms with Crippen LogP contribution in [0.5, 0.6) is 5.75 Å². The van der Waals surface area contributed by atoms with Crippen molar-refractivity contribution in [2.45, 2.75) is 32.1 Å². The van der Waals surface area contributed by atoms with Gasteiger partial charge >= 0.3 is 0 Å². The summed E-state index contributed by atoms with van der Waals surface area (Å²) in [4.78, 5) is 11.7. The van der Waals surface area contributed by atoms with Crippen LogP contribution in [-0.4, -0.2) is 12.4 Å². The zero-order valence-electron chi connectivity index (χ0n) is 12.4. The number of fused-ring (bicyclic) bond motifs is 2. The fourth-order valence-corrected chi connectivity index (χ4v) is 3.34. The standard InChI is InChI=1S/C19H18O2/c1-19(2)11-21-18-8-5-13(10-16(18)19)12-3-6-15-14(9-12)4-7-17(15)20/h3,5-6,8-10H,4,7,11H2,1-2H3. The van der Waals surface area contributed by atoms with Crippen LogP contribution in [-0.2, 0) is 11.8 Å². The summed E-state index contributed by atoms with van der Waals surface area (Å²) in [5.41, 5.74) is 5.83. The van der Waals surface area contributed by atoms with Crippen LogP contribution < -0.4 is 4.74 Å². The van der Waals surface area contributed by atoms with E-state index in [1.54, 1.807) is 0 Å². The topological polar surface area (TPSA) is 26.3 Å². The smallest absolute Gasteiger partial charge is 0.163 e. The van der Waals surface area contributed by atoms with E-state index in [1.165, 1.54) is 22.3 Å². The van der Waals surface area contributed by atoms with Crippen LogP contribution in [0.2, 0.25) is 0 Å². The molecule has 4 rings (SSSR count). The highest BCUT2D eigenvalue weighted by Gasteiger charge is 2.32. The van der Waals surface area contributed by atoms with E-state index in [-0.39, 0.29) is 11.2 Å². The predicted molar refractivity (Wildman–Crippen MR) is 83.1 cm³/mol. The summed E-state index contributed by atoms with van der Waals surface area (Å²) >= 11 is 0. The third kappa shape index (κ3) is 1.90. The minimum atomic E-state index is 0.0675. The first-order valence-corrected chi connectivity index (χ1v) is 7.48. The van der Waals surface area contributed by atoms with Crippen molar-refractivity contribution < 1.29 is 9.53 Å². The second kappa shape index (κ2) is 4.20. The maximum Gasteiger partial charge on any atom is 0.163 e. The van der Waals surface area contributed by atoms with Crippen LogP contribution in [0, 0.1) is 0 Å². The van der Waals surface area contributed by atoms with Crippen molar-refractivity contribution >= 4 is 5.78 Å². The number of hydrogen-bond donors (Lipinski definition) is 0. The number of ether oxygens (including phenoxy) is 1. The van der Waals surface area contributed by atoms with Gasteiger partial charge in [0.2, 0.25) is 0 Å². The number of carbonyl (C=O) groups is 1. The van der Waals surface area contributed by atoms with E-state index < -0.39 is 0 Å². The zero-order chi connectivity index (χ0) is 14.6. The Morgan fingerprint density at radius 3 is 2.62 bits per heavy atom. The van der Waals surface area contributed by atoms with Crippen LogP contribution in [0.3, 0.4) is 0 Å². The first-order valence-electron chi connectivity index (χ1n) is 7.48. The molecule has 0 saturated carbocycles. The minimum Gasteiger partial charge on any atom is -0.492 e. The Morgan fingerprint density at radius 1 is 1.00 bits per heavy atom. The van der Waals surface area contributed by atoms with Crippen LogP contribution in [0.1, 0.15) is 41.8 Å². The number of Topliss-reactive ketones (excluding diaryl/α,β-unsaturated/α-hetero) is 1. The van der Waals surface area contributed by atoms with Gasteiger partial charge in [0.15, 0.2) is 5.78 Å². The van der Waals surface area contributed by atoms with E-state index >= 15 is 0 Å². The van der Waals surface area contributed by atoms with E-state index in [1.807, 2.05) is 6.07 Å². The van der Waals surface area contributed by atoms with Gasteiger partial charge in [0.05, 0.1) is 6.61 Å². The van der Waals surface area contributed by atoms with E-state index in [0.29, 0.717) is 6.42 Å². The molecule has 0 aromatic heterocycles. The number of benzene rings is 2. The molecule has 0 atom stereocenters. The van der Waals surface area contributed by atoms with Gasteiger partial charge in [-0.05, 0) is 35.2 Å². The van der Waals surface area contributed by atoms with Crippen molar-refractivity contribution in [2.24, 2.45) is 0 Å². The minimum absolute atomic E-state index is 0.0675. The quantitative estimate of drug-likeness (QED) is 0.783. The predicted octanol–water partition coefficient (Wildman–Crippen LogP) is 4.15. The third-order valence-electron chi connectivity index (χ3n) is 4.66. The van der Waals surface area contributed by atoms with Gasteiger partial charge in [0.25, 0.3) is 0 Å². The summed E-state index contributed by atoms with van der Waals surface area (Å²) in [7, 11) is 0. The van der Waals surface area contributed by atoms with E-state index in [4.69, 9.17) is 4.74 Å². The highest BCUT2D eigenvalue weighted by atomic mass is 16.5.